The van der Waals surface area contributed by atoms with Crippen LogP contribution in [0.1, 0.15) is 24.5 Å². The fourth-order valence-corrected chi connectivity index (χ4v) is 2.25. The van der Waals surface area contributed by atoms with Gasteiger partial charge in [-0.25, -0.2) is 0 Å². The summed E-state index contributed by atoms with van der Waals surface area (Å²) >= 11 is 6.10. The maximum Gasteiger partial charge on any atom is 0.274 e. The van der Waals surface area contributed by atoms with Gasteiger partial charge in [0.15, 0.2) is 0 Å². The van der Waals surface area contributed by atoms with E-state index in [0.717, 1.165) is 24.0 Å². The van der Waals surface area contributed by atoms with Gasteiger partial charge in [-0.1, -0.05) is 43.1 Å². The third-order valence-electron chi connectivity index (χ3n) is 3.11. The van der Waals surface area contributed by atoms with Gasteiger partial charge in [-0.05, 0) is 29.7 Å². The topological polar surface area (TPSA) is 48.0 Å². The first-order valence-electron chi connectivity index (χ1n) is 6.34. The molecular formula is C15H17ClN2O. The fraction of sp³-hybridized carbons (Fsp3) is 0.267. The summed E-state index contributed by atoms with van der Waals surface area (Å²) in [5.41, 5.74) is 7.92. The summed E-state index contributed by atoms with van der Waals surface area (Å²) in [4.78, 5) is 12.2. The molecule has 0 aliphatic carbocycles. The Hall–Kier alpha value is -1.74. The van der Waals surface area contributed by atoms with Crippen molar-refractivity contribution in [3.05, 3.63) is 63.0 Å². The molecule has 0 saturated heterocycles. The Morgan fingerprint density at radius 3 is 2.63 bits per heavy atom. The Morgan fingerprint density at radius 2 is 1.95 bits per heavy atom. The molecule has 2 N–H and O–H groups in total. The Morgan fingerprint density at radius 1 is 1.21 bits per heavy atom. The summed E-state index contributed by atoms with van der Waals surface area (Å²) in [6.07, 6.45) is 3.58. The molecule has 100 valence electrons. The largest absolute Gasteiger partial charge is 0.394 e. The third kappa shape index (κ3) is 2.99. The monoisotopic (exact) mass is 276 g/mol. The van der Waals surface area contributed by atoms with E-state index < -0.39 is 0 Å². The molecular weight excluding hydrogens is 260 g/mol. The lowest BCUT2D eigenvalue weighted by atomic mass is 10.1. The smallest absolute Gasteiger partial charge is 0.274 e. The predicted molar refractivity (Wildman–Crippen MR) is 79.7 cm³/mol. The molecule has 0 unspecified atom stereocenters. The normalized spacial score (nSPS) is 10.6. The number of nitrogens with zero attached hydrogens (tertiary/aromatic N) is 1. The molecule has 0 fully saturated rings. The van der Waals surface area contributed by atoms with Crippen molar-refractivity contribution in [1.82, 2.24) is 4.57 Å². The van der Waals surface area contributed by atoms with Crippen LogP contribution in [0.5, 0.6) is 0 Å². The quantitative estimate of drug-likeness (QED) is 0.933. The molecule has 1 aromatic heterocycles. The van der Waals surface area contributed by atoms with Crippen molar-refractivity contribution in [2.24, 2.45) is 0 Å². The summed E-state index contributed by atoms with van der Waals surface area (Å²) in [6, 6.07) is 9.41. The SMILES string of the molecule is CCCc1ccn(Cc2ccccc2Cl)c(=O)c1N. The molecule has 0 bridgehead atoms. The van der Waals surface area contributed by atoms with Gasteiger partial charge in [0.2, 0.25) is 0 Å². The lowest BCUT2D eigenvalue weighted by molar-refractivity contribution is 0.755. The summed E-state index contributed by atoms with van der Waals surface area (Å²) in [5.74, 6) is 0. The van der Waals surface area contributed by atoms with Crippen LogP contribution >= 0.6 is 11.6 Å². The predicted octanol–water partition coefficient (Wildman–Crippen LogP) is 3.08. The molecule has 0 aliphatic rings. The number of halogens is 1. The Labute approximate surface area is 117 Å². The molecule has 0 aliphatic heterocycles. The number of nitrogens with two attached hydrogens (primary N) is 1. The molecule has 2 rings (SSSR count). The van der Waals surface area contributed by atoms with E-state index in [1.54, 1.807) is 10.8 Å². The zero-order valence-corrected chi connectivity index (χ0v) is 11.7. The number of hydrogen-bond donors (Lipinski definition) is 1. The van der Waals surface area contributed by atoms with Crippen LogP contribution in [-0.4, -0.2) is 4.57 Å². The van der Waals surface area contributed by atoms with Gasteiger partial charge in [0.25, 0.3) is 5.56 Å². The average Bonchev–Trinajstić information content (AvgIpc) is 2.41. The summed E-state index contributed by atoms with van der Waals surface area (Å²) < 4.78 is 1.59. The van der Waals surface area contributed by atoms with Crippen LogP contribution in [0.25, 0.3) is 0 Å². The van der Waals surface area contributed by atoms with Gasteiger partial charge in [-0.15, -0.1) is 0 Å². The van der Waals surface area contributed by atoms with E-state index in [1.807, 2.05) is 30.3 Å². The molecule has 0 saturated carbocycles. The van der Waals surface area contributed by atoms with Crippen molar-refractivity contribution in [2.45, 2.75) is 26.3 Å². The number of aromatic nitrogens is 1. The van der Waals surface area contributed by atoms with Crippen LogP contribution in [0, 0.1) is 0 Å². The molecule has 1 aromatic carbocycles. The van der Waals surface area contributed by atoms with Crippen LogP contribution < -0.4 is 11.3 Å². The molecule has 1 heterocycles. The number of pyridine rings is 1. The molecule has 2 aromatic rings. The van der Waals surface area contributed by atoms with E-state index in [9.17, 15) is 4.79 Å². The highest BCUT2D eigenvalue weighted by molar-refractivity contribution is 6.31. The van der Waals surface area contributed by atoms with Crippen LogP contribution in [0.15, 0.2) is 41.3 Å². The molecule has 0 atom stereocenters. The zero-order valence-electron chi connectivity index (χ0n) is 10.9. The zero-order chi connectivity index (χ0) is 13.8. The number of nitrogen functional groups attached to an aromatic ring is 1. The van der Waals surface area contributed by atoms with Crippen molar-refractivity contribution >= 4 is 17.3 Å². The van der Waals surface area contributed by atoms with E-state index in [-0.39, 0.29) is 5.56 Å². The van der Waals surface area contributed by atoms with Crippen LogP contribution in [-0.2, 0) is 13.0 Å². The van der Waals surface area contributed by atoms with Gasteiger partial charge in [-0.2, -0.15) is 0 Å². The van der Waals surface area contributed by atoms with E-state index >= 15 is 0 Å². The maximum absolute atomic E-state index is 12.2. The first kappa shape index (κ1) is 13.7. The van der Waals surface area contributed by atoms with Crippen molar-refractivity contribution in [2.75, 3.05) is 5.73 Å². The number of aryl methyl sites for hydroxylation is 1. The summed E-state index contributed by atoms with van der Waals surface area (Å²) in [7, 11) is 0. The van der Waals surface area contributed by atoms with Gasteiger partial charge in [0.1, 0.15) is 5.69 Å². The molecule has 4 heteroatoms. The minimum Gasteiger partial charge on any atom is -0.394 e. The number of hydrogen-bond acceptors (Lipinski definition) is 2. The van der Waals surface area contributed by atoms with Crippen molar-refractivity contribution in [3.8, 4) is 0 Å². The van der Waals surface area contributed by atoms with Gasteiger partial charge in [0, 0.05) is 11.2 Å². The number of anilines is 1. The minimum absolute atomic E-state index is 0.147. The van der Waals surface area contributed by atoms with E-state index in [1.165, 1.54) is 0 Å². The lowest BCUT2D eigenvalue weighted by Crippen LogP contribution is -2.24. The number of benzene rings is 1. The maximum atomic E-state index is 12.2. The molecule has 0 radical (unpaired) electrons. The Bertz CT molecular complexity index is 634. The molecule has 0 spiro atoms. The highest BCUT2D eigenvalue weighted by atomic mass is 35.5. The van der Waals surface area contributed by atoms with Gasteiger partial charge >= 0.3 is 0 Å². The minimum atomic E-state index is -0.147. The van der Waals surface area contributed by atoms with Crippen molar-refractivity contribution < 1.29 is 0 Å². The average molecular weight is 277 g/mol. The first-order valence-corrected chi connectivity index (χ1v) is 6.72. The Kier molecular flexibility index (Phi) is 4.27. The van der Waals surface area contributed by atoms with Crippen molar-refractivity contribution in [3.63, 3.8) is 0 Å². The van der Waals surface area contributed by atoms with Crippen LogP contribution in [0.4, 0.5) is 5.69 Å². The summed E-state index contributed by atoms with van der Waals surface area (Å²) in [6.45, 7) is 2.50. The standard InChI is InChI=1S/C15H17ClN2O/c1-2-5-11-8-9-18(15(19)14(11)17)10-12-6-3-4-7-13(12)16/h3-4,6-9H,2,5,10,17H2,1H3. The fourth-order valence-electron chi connectivity index (χ4n) is 2.05. The van der Waals surface area contributed by atoms with Gasteiger partial charge < -0.3 is 10.3 Å². The van der Waals surface area contributed by atoms with Crippen molar-refractivity contribution in [1.29, 1.82) is 0 Å². The van der Waals surface area contributed by atoms with E-state index in [4.69, 9.17) is 17.3 Å². The first-order chi connectivity index (χ1) is 9.13. The van der Waals surface area contributed by atoms with Crippen LogP contribution in [0.3, 0.4) is 0 Å². The second-order valence-corrected chi connectivity index (χ2v) is 4.94. The molecule has 0 amide bonds. The Balaban J connectivity index is 2.35. The number of rotatable bonds is 4. The lowest BCUT2D eigenvalue weighted by Gasteiger charge is -2.10. The third-order valence-corrected chi connectivity index (χ3v) is 3.48. The van der Waals surface area contributed by atoms with E-state index in [2.05, 4.69) is 6.92 Å². The molecule has 3 nitrogen and oxygen atoms in total. The second kappa shape index (κ2) is 5.93. The second-order valence-electron chi connectivity index (χ2n) is 4.53. The van der Waals surface area contributed by atoms with Crippen LogP contribution in [0.2, 0.25) is 5.02 Å². The summed E-state index contributed by atoms with van der Waals surface area (Å²) in [5, 5.41) is 0.658. The molecule has 19 heavy (non-hydrogen) atoms. The van der Waals surface area contributed by atoms with E-state index in [0.29, 0.717) is 17.3 Å². The highest BCUT2D eigenvalue weighted by Crippen LogP contribution is 2.16. The highest BCUT2D eigenvalue weighted by Gasteiger charge is 2.07. The van der Waals surface area contributed by atoms with Gasteiger partial charge in [-0.3, -0.25) is 4.79 Å². The van der Waals surface area contributed by atoms with Gasteiger partial charge in [0.05, 0.1) is 6.54 Å².